The van der Waals surface area contributed by atoms with Crippen LogP contribution >= 0.6 is 11.3 Å². The van der Waals surface area contributed by atoms with E-state index in [1.807, 2.05) is 11.3 Å². The van der Waals surface area contributed by atoms with Gasteiger partial charge in [-0.25, -0.2) is 8.42 Å². The molecule has 22 heavy (non-hydrogen) atoms. The Morgan fingerprint density at radius 2 is 1.77 bits per heavy atom. The van der Waals surface area contributed by atoms with Crippen LogP contribution in [0, 0.1) is 0 Å². The highest BCUT2D eigenvalue weighted by molar-refractivity contribution is 7.91. The third kappa shape index (κ3) is 4.12. The van der Waals surface area contributed by atoms with Crippen molar-refractivity contribution in [3.05, 3.63) is 21.9 Å². The van der Waals surface area contributed by atoms with Gasteiger partial charge in [-0.2, -0.15) is 0 Å². The molecule has 3 nitrogen and oxygen atoms in total. The van der Waals surface area contributed by atoms with Crippen molar-refractivity contribution in [3.63, 3.8) is 0 Å². The van der Waals surface area contributed by atoms with Crippen LogP contribution in [0.5, 0.6) is 0 Å². The molecule has 1 aromatic heterocycles. The van der Waals surface area contributed by atoms with E-state index >= 15 is 0 Å². The van der Waals surface area contributed by atoms with E-state index in [-0.39, 0.29) is 0 Å². The van der Waals surface area contributed by atoms with Crippen LogP contribution < -0.4 is 0 Å². The summed E-state index contributed by atoms with van der Waals surface area (Å²) < 4.78 is 23.1. The van der Waals surface area contributed by atoms with Crippen LogP contribution in [-0.2, 0) is 16.4 Å². The maximum atomic E-state index is 11.5. The molecule has 0 unspecified atom stereocenters. The molecule has 0 bridgehead atoms. The summed E-state index contributed by atoms with van der Waals surface area (Å²) in [7, 11) is -0.615. The normalized spacial score (nSPS) is 23.9. The van der Waals surface area contributed by atoms with Gasteiger partial charge in [-0.15, -0.1) is 11.3 Å². The second kappa shape index (κ2) is 7.02. The van der Waals surface area contributed by atoms with Crippen LogP contribution in [0.25, 0.3) is 0 Å². The summed E-state index contributed by atoms with van der Waals surface area (Å²) in [5.41, 5.74) is 0. The maximum Gasteiger partial charge on any atom is 0.150 e. The van der Waals surface area contributed by atoms with Gasteiger partial charge in [0.1, 0.15) is 9.84 Å². The molecular formula is C17H27NO2S2. The van der Waals surface area contributed by atoms with E-state index in [1.54, 1.807) is 4.88 Å². The summed E-state index contributed by atoms with van der Waals surface area (Å²) in [5.74, 6) is 1.51. The third-order valence-electron chi connectivity index (χ3n) is 5.24. The first-order valence-electron chi connectivity index (χ1n) is 8.53. The molecule has 1 saturated heterocycles. The predicted octanol–water partition coefficient (Wildman–Crippen LogP) is 3.80. The summed E-state index contributed by atoms with van der Waals surface area (Å²) in [6, 6.07) is 5.03. The number of thiophene rings is 1. The van der Waals surface area contributed by atoms with E-state index in [2.05, 4.69) is 24.1 Å². The number of hydrogen-bond acceptors (Lipinski definition) is 4. The van der Waals surface area contributed by atoms with Crippen LogP contribution in [-0.4, -0.2) is 37.9 Å². The van der Waals surface area contributed by atoms with E-state index in [4.69, 9.17) is 0 Å². The van der Waals surface area contributed by atoms with Crippen molar-refractivity contribution < 1.29 is 8.42 Å². The molecule has 1 aromatic rings. The highest BCUT2D eigenvalue weighted by atomic mass is 32.2. The topological polar surface area (TPSA) is 37.4 Å². The van der Waals surface area contributed by atoms with E-state index in [9.17, 15) is 8.42 Å². The minimum atomic E-state index is -2.76. The molecule has 0 N–H and O–H groups in total. The number of nitrogens with zero attached hydrogens (tertiary/aromatic N) is 1. The Kier molecular flexibility index (Phi) is 5.25. The fourth-order valence-corrected chi connectivity index (χ4v) is 6.49. The van der Waals surface area contributed by atoms with E-state index in [1.165, 1.54) is 37.0 Å². The lowest BCUT2D eigenvalue weighted by molar-refractivity contribution is 0.220. The van der Waals surface area contributed by atoms with E-state index < -0.39 is 9.84 Å². The van der Waals surface area contributed by atoms with Gasteiger partial charge in [-0.05, 0) is 50.8 Å². The third-order valence-corrected chi connectivity index (χ3v) is 8.19. The lowest BCUT2D eigenvalue weighted by Gasteiger charge is -2.30. The fraction of sp³-hybridized carbons (Fsp3) is 0.765. The highest BCUT2D eigenvalue weighted by Gasteiger charge is 2.26. The molecule has 1 saturated carbocycles. The molecule has 2 aliphatic rings. The summed E-state index contributed by atoms with van der Waals surface area (Å²) in [5, 5.41) is 0. The Bertz CT molecular complexity index is 574. The molecular weight excluding hydrogens is 314 g/mol. The maximum absolute atomic E-state index is 11.5. The SMILES string of the molecule is CN(Cc1ccc(C2CCCCC2)s1)C1CCS(=O)(=O)CC1. The van der Waals surface area contributed by atoms with Gasteiger partial charge in [-0.1, -0.05) is 19.3 Å². The first-order valence-corrected chi connectivity index (χ1v) is 11.2. The molecule has 124 valence electrons. The van der Waals surface area contributed by atoms with Gasteiger partial charge in [-0.3, -0.25) is 4.90 Å². The standard InChI is InChI=1S/C17H27NO2S2/c1-18(15-9-11-22(19,20)12-10-15)13-16-7-8-17(21-16)14-5-3-2-4-6-14/h7-8,14-15H,2-6,9-13H2,1H3. The largest absolute Gasteiger partial charge is 0.298 e. The molecule has 1 aliphatic heterocycles. The Balaban J connectivity index is 1.55. The Labute approximate surface area is 138 Å². The zero-order chi connectivity index (χ0) is 15.6. The second-order valence-corrected chi connectivity index (χ2v) is 10.4. The molecule has 5 heteroatoms. The van der Waals surface area contributed by atoms with Crippen LogP contribution in [0.4, 0.5) is 0 Å². The monoisotopic (exact) mass is 341 g/mol. The Hall–Kier alpha value is -0.390. The van der Waals surface area contributed by atoms with Crippen LogP contribution in [0.3, 0.4) is 0 Å². The van der Waals surface area contributed by atoms with Gasteiger partial charge < -0.3 is 0 Å². The average Bonchev–Trinajstić information content (AvgIpc) is 2.96. The first-order chi connectivity index (χ1) is 10.5. The number of sulfone groups is 1. The number of hydrogen-bond donors (Lipinski definition) is 0. The van der Waals surface area contributed by atoms with Crippen molar-refractivity contribution >= 4 is 21.2 Å². The van der Waals surface area contributed by atoms with Crippen molar-refractivity contribution in [2.75, 3.05) is 18.6 Å². The molecule has 1 aliphatic carbocycles. The molecule has 2 heterocycles. The number of rotatable bonds is 4. The van der Waals surface area contributed by atoms with Gasteiger partial charge in [0.25, 0.3) is 0 Å². The average molecular weight is 342 g/mol. The highest BCUT2D eigenvalue weighted by Crippen LogP contribution is 2.36. The van der Waals surface area contributed by atoms with Gasteiger partial charge in [0.15, 0.2) is 0 Å². The molecule has 3 rings (SSSR count). The van der Waals surface area contributed by atoms with Crippen molar-refractivity contribution in [2.45, 2.75) is 63.5 Å². The van der Waals surface area contributed by atoms with Crippen molar-refractivity contribution in [3.8, 4) is 0 Å². The summed E-state index contributed by atoms with van der Waals surface area (Å²) in [6.45, 7) is 0.960. The van der Waals surface area contributed by atoms with E-state index in [0.29, 0.717) is 17.5 Å². The first kappa shape index (κ1) is 16.5. The fourth-order valence-electron chi connectivity index (χ4n) is 3.78. The zero-order valence-corrected chi connectivity index (χ0v) is 15.1. The summed E-state index contributed by atoms with van der Waals surface area (Å²) in [4.78, 5) is 5.34. The summed E-state index contributed by atoms with van der Waals surface area (Å²) in [6.07, 6.45) is 8.47. The van der Waals surface area contributed by atoms with Gasteiger partial charge in [0.05, 0.1) is 11.5 Å². The zero-order valence-electron chi connectivity index (χ0n) is 13.5. The van der Waals surface area contributed by atoms with Gasteiger partial charge in [0, 0.05) is 22.3 Å². The minimum Gasteiger partial charge on any atom is -0.298 e. The van der Waals surface area contributed by atoms with Gasteiger partial charge >= 0.3 is 0 Å². The van der Waals surface area contributed by atoms with Gasteiger partial charge in [0.2, 0.25) is 0 Å². The Morgan fingerprint density at radius 3 is 2.45 bits per heavy atom. The molecule has 0 radical (unpaired) electrons. The molecule has 2 fully saturated rings. The summed E-state index contributed by atoms with van der Waals surface area (Å²) >= 11 is 1.97. The minimum absolute atomic E-state index is 0.361. The van der Waals surface area contributed by atoms with Crippen LogP contribution in [0.15, 0.2) is 12.1 Å². The smallest absolute Gasteiger partial charge is 0.150 e. The predicted molar refractivity (Wildman–Crippen MR) is 93.3 cm³/mol. The molecule has 0 atom stereocenters. The van der Waals surface area contributed by atoms with Crippen molar-refractivity contribution in [2.24, 2.45) is 0 Å². The van der Waals surface area contributed by atoms with Crippen LogP contribution in [0.2, 0.25) is 0 Å². The lowest BCUT2D eigenvalue weighted by Crippen LogP contribution is -2.38. The second-order valence-electron chi connectivity index (χ2n) is 6.94. The Morgan fingerprint density at radius 1 is 1.09 bits per heavy atom. The molecule has 0 amide bonds. The van der Waals surface area contributed by atoms with Crippen LogP contribution in [0.1, 0.15) is 60.6 Å². The molecule has 0 aromatic carbocycles. The van der Waals surface area contributed by atoms with Crippen molar-refractivity contribution in [1.29, 1.82) is 0 Å². The van der Waals surface area contributed by atoms with E-state index in [0.717, 1.165) is 25.3 Å². The lowest BCUT2D eigenvalue weighted by atomic mass is 9.88. The van der Waals surface area contributed by atoms with Crippen molar-refractivity contribution in [1.82, 2.24) is 4.90 Å². The molecule has 0 spiro atoms. The quantitative estimate of drug-likeness (QED) is 0.836.